The van der Waals surface area contributed by atoms with Crippen LogP contribution in [0.5, 0.6) is 0 Å². The van der Waals surface area contributed by atoms with Crippen molar-refractivity contribution in [2.75, 3.05) is 13.2 Å². The molecule has 0 fully saturated rings. The molecule has 4 heteroatoms. The second-order valence-electron chi connectivity index (χ2n) is 3.48. The third-order valence-corrected chi connectivity index (χ3v) is 2.06. The van der Waals surface area contributed by atoms with Crippen LogP contribution < -0.4 is 0 Å². The van der Waals surface area contributed by atoms with Crippen molar-refractivity contribution < 1.29 is 19.1 Å². The van der Waals surface area contributed by atoms with Crippen LogP contribution in [0.15, 0.2) is 12.7 Å². The first-order chi connectivity index (χ1) is 6.97. The quantitative estimate of drug-likeness (QED) is 0.497. The average Bonchev–Trinajstić information content (AvgIpc) is 2.15. The molecule has 0 saturated carbocycles. The summed E-state index contributed by atoms with van der Waals surface area (Å²) in [4.78, 5) is 21.2. The number of ether oxygens (including phenoxy) is 2. The van der Waals surface area contributed by atoms with Crippen LogP contribution in [0.2, 0.25) is 0 Å². The Kier molecular flexibility index (Phi) is 6.42. The van der Waals surface area contributed by atoms with E-state index in [9.17, 15) is 9.59 Å². The van der Waals surface area contributed by atoms with Crippen LogP contribution in [0.4, 0.5) is 0 Å². The molecule has 4 nitrogen and oxygen atoms in total. The predicted octanol–water partition coefficient (Wildman–Crippen LogP) is 1.55. The van der Waals surface area contributed by atoms with E-state index in [-0.39, 0.29) is 30.4 Å². The van der Waals surface area contributed by atoms with Crippen LogP contribution in [0.1, 0.15) is 20.8 Å². The van der Waals surface area contributed by atoms with Gasteiger partial charge in [0.25, 0.3) is 0 Å². The van der Waals surface area contributed by atoms with Gasteiger partial charge in [0.1, 0.15) is 0 Å². The van der Waals surface area contributed by atoms with Crippen LogP contribution in [0.3, 0.4) is 0 Å². The summed E-state index contributed by atoms with van der Waals surface area (Å²) in [7, 11) is 0. The zero-order chi connectivity index (χ0) is 11.8. The first-order valence-corrected chi connectivity index (χ1v) is 4.86. The summed E-state index contributed by atoms with van der Waals surface area (Å²) in [6.45, 7) is 8.88. The van der Waals surface area contributed by atoms with E-state index in [1.807, 2.05) is 6.92 Å². The Morgan fingerprint density at radius 1 is 1.20 bits per heavy atom. The summed E-state index contributed by atoms with van der Waals surface area (Å²) >= 11 is 0. The molecule has 0 heterocycles. The normalized spacial score (nSPS) is 13.8. The molecule has 0 rings (SSSR count). The lowest BCUT2D eigenvalue weighted by atomic mass is 9.96. The lowest BCUT2D eigenvalue weighted by molar-refractivity contribution is -0.146. The van der Waals surface area contributed by atoms with E-state index in [4.69, 9.17) is 9.47 Å². The second-order valence-corrected chi connectivity index (χ2v) is 3.48. The molecule has 2 atom stereocenters. The fourth-order valence-electron chi connectivity index (χ4n) is 1.05. The van der Waals surface area contributed by atoms with Crippen LogP contribution in [0.25, 0.3) is 0 Å². The van der Waals surface area contributed by atoms with Gasteiger partial charge in [0, 0.05) is 19.8 Å². The molecule has 15 heavy (non-hydrogen) atoms. The molecule has 2 unspecified atom stereocenters. The van der Waals surface area contributed by atoms with Gasteiger partial charge in [0.05, 0.1) is 13.2 Å². The van der Waals surface area contributed by atoms with Crippen molar-refractivity contribution in [3.05, 3.63) is 12.7 Å². The van der Waals surface area contributed by atoms with Crippen LogP contribution in [-0.2, 0) is 19.1 Å². The summed E-state index contributed by atoms with van der Waals surface area (Å²) < 4.78 is 9.74. The number of carbonyl (C=O) groups is 2. The van der Waals surface area contributed by atoms with E-state index >= 15 is 0 Å². The highest BCUT2D eigenvalue weighted by Crippen LogP contribution is 2.14. The molecule has 0 aliphatic rings. The van der Waals surface area contributed by atoms with Gasteiger partial charge < -0.3 is 9.47 Å². The van der Waals surface area contributed by atoms with Gasteiger partial charge in [-0.1, -0.05) is 13.0 Å². The minimum absolute atomic E-state index is 0.00764. The molecule has 0 bridgehead atoms. The zero-order valence-corrected chi connectivity index (χ0v) is 9.49. The van der Waals surface area contributed by atoms with Gasteiger partial charge in [-0.25, -0.2) is 0 Å². The first-order valence-electron chi connectivity index (χ1n) is 4.86. The van der Waals surface area contributed by atoms with Crippen LogP contribution in [-0.4, -0.2) is 25.2 Å². The second kappa shape index (κ2) is 7.04. The Balaban J connectivity index is 3.97. The van der Waals surface area contributed by atoms with Crippen molar-refractivity contribution >= 4 is 11.9 Å². The molecule has 0 aliphatic carbocycles. The Bertz CT molecular complexity index is 235. The van der Waals surface area contributed by atoms with E-state index in [0.29, 0.717) is 6.61 Å². The molecule has 0 aliphatic heterocycles. The third-order valence-electron chi connectivity index (χ3n) is 2.06. The predicted molar refractivity (Wildman–Crippen MR) is 56.1 cm³/mol. The Labute approximate surface area is 90.2 Å². The van der Waals surface area contributed by atoms with E-state index in [1.54, 1.807) is 6.08 Å². The minimum Gasteiger partial charge on any atom is -0.466 e. The maximum atomic E-state index is 10.6. The zero-order valence-electron chi connectivity index (χ0n) is 9.49. The Morgan fingerprint density at radius 2 is 1.67 bits per heavy atom. The van der Waals surface area contributed by atoms with Crippen LogP contribution in [0, 0.1) is 11.8 Å². The molecule has 0 aromatic rings. The molecule has 0 N–H and O–H groups in total. The third kappa shape index (κ3) is 6.71. The molecule has 0 spiro atoms. The van der Waals surface area contributed by atoms with Crippen molar-refractivity contribution in [2.45, 2.75) is 20.8 Å². The summed E-state index contributed by atoms with van der Waals surface area (Å²) in [6, 6.07) is 0. The van der Waals surface area contributed by atoms with Gasteiger partial charge >= 0.3 is 11.9 Å². The van der Waals surface area contributed by atoms with Crippen molar-refractivity contribution in [2.24, 2.45) is 11.8 Å². The van der Waals surface area contributed by atoms with E-state index in [2.05, 4.69) is 6.58 Å². The highest BCUT2D eigenvalue weighted by atomic mass is 16.5. The molecule has 86 valence electrons. The summed E-state index contributed by atoms with van der Waals surface area (Å²) in [5.41, 5.74) is 0. The van der Waals surface area contributed by atoms with E-state index < -0.39 is 0 Å². The Morgan fingerprint density at radius 3 is 2.07 bits per heavy atom. The standard InChI is InChI=1S/C11H18O4/c1-5-11(7-15-10(4)13)8(2)6-14-9(3)12/h5,8,11H,1,6-7H2,2-4H3. The van der Waals surface area contributed by atoms with E-state index in [1.165, 1.54) is 13.8 Å². The molecule has 0 saturated heterocycles. The average molecular weight is 214 g/mol. The topological polar surface area (TPSA) is 52.6 Å². The van der Waals surface area contributed by atoms with Crippen molar-refractivity contribution in [3.63, 3.8) is 0 Å². The molecule has 0 amide bonds. The largest absolute Gasteiger partial charge is 0.466 e. The summed E-state index contributed by atoms with van der Waals surface area (Å²) in [5, 5.41) is 0. The van der Waals surface area contributed by atoms with Gasteiger partial charge in [-0.3, -0.25) is 9.59 Å². The molecule has 0 aromatic carbocycles. The number of hydrogen-bond acceptors (Lipinski definition) is 4. The Hall–Kier alpha value is -1.32. The van der Waals surface area contributed by atoms with E-state index in [0.717, 1.165) is 0 Å². The number of hydrogen-bond donors (Lipinski definition) is 0. The number of esters is 2. The lowest BCUT2D eigenvalue weighted by Gasteiger charge is -2.19. The summed E-state index contributed by atoms with van der Waals surface area (Å²) in [5.74, 6) is -0.530. The molecule has 0 aromatic heterocycles. The monoisotopic (exact) mass is 214 g/mol. The highest BCUT2D eigenvalue weighted by Gasteiger charge is 2.16. The number of rotatable bonds is 6. The highest BCUT2D eigenvalue weighted by molar-refractivity contribution is 5.66. The van der Waals surface area contributed by atoms with Gasteiger partial charge in [-0.15, -0.1) is 6.58 Å². The molecule has 0 radical (unpaired) electrons. The maximum absolute atomic E-state index is 10.6. The van der Waals surface area contributed by atoms with Gasteiger partial charge in [-0.05, 0) is 5.92 Å². The lowest BCUT2D eigenvalue weighted by Crippen LogP contribution is -2.22. The van der Waals surface area contributed by atoms with Crippen molar-refractivity contribution in [1.82, 2.24) is 0 Å². The molecular formula is C11H18O4. The van der Waals surface area contributed by atoms with Gasteiger partial charge in [0.2, 0.25) is 0 Å². The maximum Gasteiger partial charge on any atom is 0.302 e. The smallest absolute Gasteiger partial charge is 0.302 e. The van der Waals surface area contributed by atoms with Crippen LogP contribution >= 0.6 is 0 Å². The van der Waals surface area contributed by atoms with Gasteiger partial charge in [0.15, 0.2) is 0 Å². The first kappa shape index (κ1) is 13.7. The number of carbonyl (C=O) groups excluding carboxylic acids is 2. The SMILES string of the molecule is C=CC(COC(C)=O)C(C)COC(C)=O. The van der Waals surface area contributed by atoms with Crippen molar-refractivity contribution in [3.8, 4) is 0 Å². The minimum atomic E-state index is -0.318. The fourth-order valence-corrected chi connectivity index (χ4v) is 1.05. The fraction of sp³-hybridized carbons (Fsp3) is 0.636. The molecular weight excluding hydrogens is 196 g/mol. The summed E-state index contributed by atoms with van der Waals surface area (Å²) in [6.07, 6.45) is 1.71. The van der Waals surface area contributed by atoms with Crippen molar-refractivity contribution in [1.29, 1.82) is 0 Å². The van der Waals surface area contributed by atoms with Gasteiger partial charge in [-0.2, -0.15) is 0 Å².